The van der Waals surface area contributed by atoms with Crippen LogP contribution in [0.1, 0.15) is 34.5 Å². The van der Waals surface area contributed by atoms with Crippen molar-refractivity contribution in [1.82, 2.24) is 25.9 Å². The van der Waals surface area contributed by atoms with Crippen LogP contribution in [0.15, 0.2) is 30.3 Å². The van der Waals surface area contributed by atoms with E-state index in [0.29, 0.717) is 12.2 Å². The average Bonchev–Trinajstić information content (AvgIpc) is 3.39. The van der Waals surface area contributed by atoms with E-state index in [-0.39, 0.29) is 16.8 Å². The van der Waals surface area contributed by atoms with Crippen molar-refractivity contribution in [3.05, 3.63) is 52.3 Å². The van der Waals surface area contributed by atoms with Crippen LogP contribution in [-0.4, -0.2) is 33.5 Å². The molecule has 1 heterocycles. The van der Waals surface area contributed by atoms with Gasteiger partial charge in [-0.05, 0) is 25.3 Å². The predicted molar refractivity (Wildman–Crippen MR) is 94.3 cm³/mol. The van der Waals surface area contributed by atoms with Crippen molar-refractivity contribution in [3.63, 3.8) is 0 Å². The fourth-order valence-electron chi connectivity index (χ4n) is 2.38. The van der Waals surface area contributed by atoms with Crippen molar-refractivity contribution >= 4 is 29.3 Å². The highest BCUT2D eigenvalue weighted by Crippen LogP contribution is 2.21. The van der Waals surface area contributed by atoms with Gasteiger partial charge in [0.2, 0.25) is 0 Å². The number of aromatic nitrogens is 2. The van der Waals surface area contributed by atoms with Crippen molar-refractivity contribution in [2.45, 2.75) is 32.4 Å². The van der Waals surface area contributed by atoms with Gasteiger partial charge < -0.3 is 5.32 Å². The molecular formula is C17H18ClN5O3. The van der Waals surface area contributed by atoms with Crippen LogP contribution in [0.5, 0.6) is 0 Å². The lowest BCUT2D eigenvalue weighted by Crippen LogP contribution is -2.49. The summed E-state index contributed by atoms with van der Waals surface area (Å²) in [7, 11) is 0. The van der Waals surface area contributed by atoms with E-state index in [2.05, 4.69) is 21.3 Å². The lowest BCUT2D eigenvalue weighted by atomic mass is 10.2. The monoisotopic (exact) mass is 375 g/mol. The molecule has 1 aliphatic rings. The van der Waals surface area contributed by atoms with Crippen LogP contribution in [0, 0.1) is 6.92 Å². The molecule has 136 valence electrons. The standard InChI is InChI=1S/C17H18ClN5O3/c1-10-13(14(18)23(22-10)9-11-5-3-2-4-6-11)15(24)20-21-17(26)16(25)19-12-7-8-12/h2-6,12H,7-9H2,1H3,(H,19,25)(H,20,24)(H,21,26). The Labute approximate surface area is 154 Å². The molecule has 0 spiro atoms. The molecule has 1 aliphatic carbocycles. The van der Waals surface area contributed by atoms with Gasteiger partial charge in [-0.25, -0.2) is 4.68 Å². The quantitative estimate of drug-likeness (QED) is 0.546. The number of carbonyl (C=O) groups is 3. The Balaban J connectivity index is 1.63. The van der Waals surface area contributed by atoms with Gasteiger partial charge >= 0.3 is 11.8 Å². The molecule has 0 unspecified atom stereocenters. The molecule has 1 aromatic heterocycles. The number of nitrogens with one attached hydrogen (secondary N) is 3. The lowest BCUT2D eigenvalue weighted by Gasteiger charge is -2.07. The summed E-state index contributed by atoms with van der Waals surface area (Å²) in [5, 5.41) is 6.95. The number of carbonyl (C=O) groups excluding carboxylic acids is 3. The number of hydrazine groups is 1. The first-order valence-corrected chi connectivity index (χ1v) is 8.51. The minimum absolute atomic E-state index is 0.0526. The fraction of sp³-hybridized carbons (Fsp3) is 0.294. The van der Waals surface area contributed by atoms with Gasteiger partial charge in [0, 0.05) is 6.04 Å². The molecule has 2 aromatic rings. The van der Waals surface area contributed by atoms with Crippen LogP contribution < -0.4 is 16.2 Å². The van der Waals surface area contributed by atoms with Crippen molar-refractivity contribution < 1.29 is 14.4 Å². The zero-order chi connectivity index (χ0) is 18.7. The first-order valence-electron chi connectivity index (χ1n) is 8.13. The van der Waals surface area contributed by atoms with Crippen LogP contribution in [0.25, 0.3) is 0 Å². The molecule has 1 fully saturated rings. The van der Waals surface area contributed by atoms with E-state index in [0.717, 1.165) is 18.4 Å². The van der Waals surface area contributed by atoms with E-state index in [1.165, 1.54) is 4.68 Å². The second-order valence-electron chi connectivity index (χ2n) is 6.05. The van der Waals surface area contributed by atoms with Crippen molar-refractivity contribution in [2.24, 2.45) is 0 Å². The summed E-state index contributed by atoms with van der Waals surface area (Å²) < 4.78 is 1.50. The highest BCUT2D eigenvalue weighted by atomic mass is 35.5. The summed E-state index contributed by atoms with van der Waals surface area (Å²) in [5.74, 6) is -2.36. The third kappa shape index (κ3) is 4.20. The zero-order valence-electron chi connectivity index (χ0n) is 14.1. The minimum Gasteiger partial charge on any atom is -0.345 e. The van der Waals surface area contributed by atoms with Gasteiger partial charge in [0.05, 0.1) is 12.2 Å². The molecule has 9 heteroatoms. The summed E-state index contributed by atoms with van der Waals surface area (Å²) in [5.41, 5.74) is 5.82. The molecule has 8 nitrogen and oxygen atoms in total. The summed E-state index contributed by atoms with van der Waals surface area (Å²) in [6.45, 7) is 2.05. The minimum atomic E-state index is -0.935. The highest BCUT2D eigenvalue weighted by molar-refractivity contribution is 6.35. The van der Waals surface area contributed by atoms with E-state index in [9.17, 15) is 14.4 Å². The van der Waals surface area contributed by atoms with E-state index < -0.39 is 17.7 Å². The molecule has 0 radical (unpaired) electrons. The lowest BCUT2D eigenvalue weighted by molar-refractivity contribution is -0.139. The van der Waals surface area contributed by atoms with Gasteiger partial charge in [0.25, 0.3) is 5.91 Å². The van der Waals surface area contributed by atoms with Crippen LogP contribution in [0.4, 0.5) is 0 Å². The highest BCUT2D eigenvalue weighted by Gasteiger charge is 2.27. The molecule has 3 amide bonds. The number of rotatable bonds is 4. The second kappa shape index (κ2) is 7.57. The molecule has 3 rings (SSSR count). The number of benzene rings is 1. The topological polar surface area (TPSA) is 105 Å². The summed E-state index contributed by atoms with van der Waals surface area (Å²) in [6, 6.07) is 9.60. The van der Waals surface area contributed by atoms with Crippen LogP contribution >= 0.6 is 11.6 Å². The van der Waals surface area contributed by atoms with Crippen LogP contribution in [0.3, 0.4) is 0 Å². The molecule has 3 N–H and O–H groups in total. The van der Waals surface area contributed by atoms with Gasteiger partial charge in [0.1, 0.15) is 10.7 Å². The second-order valence-corrected chi connectivity index (χ2v) is 6.41. The van der Waals surface area contributed by atoms with Gasteiger partial charge in [0.15, 0.2) is 0 Å². The van der Waals surface area contributed by atoms with Gasteiger partial charge in [-0.1, -0.05) is 41.9 Å². The maximum absolute atomic E-state index is 12.3. The molecule has 0 saturated heterocycles. The van der Waals surface area contributed by atoms with E-state index in [1.54, 1.807) is 6.92 Å². The molecule has 1 saturated carbocycles. The number of halogens is 1. The SMILES string of the molecule is Cc1nn(Cc2ccccc2)c(Cl)c1C(=O)NNC(=O)C(=O)NC1CC1. The molecule has 26 heavy (non-hydrogen) atoms. The number of nitrogens with zero attached hydrogens (tertiary/aromatic N) is 2. The number of hydrogen-bond donors (Lipinski definition) is 3. The number of hydrogen-bond acceptors (Lipinski definition) is 4. The largest absolute Gasteiger partial charge is 0.345 e. The first kappa shape index (κ1) is 17.9. The molecule has 0 aliphatic heterocycles. The summed E-state index contributed by atoms with van der Waals surface area (Å²) in [4.78, 5) is 35.6. The van der Waals surface area contributed by atoms with Crippen molar-refractivity contribution in [1.29, 1.82) is 0 Å². The fourth-order valence-corrected chi connectivity index (χ4v) is 2.70. The summed E-state index contributed by atoms with van der Waals surface area (Å²) >= 11 is 6.28. The maximum atomic E-state index is 12.3. The van der Waals surface area contributed by atoms with Crippen molar-refractivity contribution in [2.75, 3.05) is 0 Å². The molecular weight excluding hydrogens is 358 g/mol. The first-order chi connectivity index (χ1) is 12.5. The Hall–Kier alpha value is -2.87. The van der Waals surface area contributed by atoms with Gasteiger partial charge in [-0.15, -0.1) is 0 Å². The molecule has 1 aromatic carbocycles. The Kier molecular flexibility index (Phi) is 5.22. The Morgan fingerprint density at radius 3 is 2.50 bits per heavy atom. The van der Waals surface area contributed by atoms with E-state index in [1.807, 2.05) is 30.3 Å². The number of aryl methyl sites for hydroxylation is 1. The third-order valence-corrected chi connectivity index (χ3v) is 4.26. The zero-order valence-corrected chi connectivity index (χ0v) is 14.8. The predicted octanol–water partition coefficient (Wildman–Crippen LogP) is 0.933. The van der Waals surface area contributed by atoms with Gasteiger partial charge in [-0.3, -0.25) is 25.2 Å². The van der Waals surface area contributed by atoms with E-state index in [4.69, 9.17) is 11.6 Å². The third-order valence-electron chi connectivity index (χ3n) is 3.88. The average molecular weight is 376 g/mol. The Bertz CT molecular complexity index is 846. The van der Waals surface area contributed by atoms with E-state index >= 15 is 0 Å². The van der Waals surface area contributed by atoms with Crippen LogP contribution in [0.2, 0.25) is 5.15 Å². The normalized spacial score (nSPS) is 13.2. The summed E-state index contributed by atoms with van der Waals surface area (Å²) in [6.07, 6.45) is 1.72. The van der Waals surface area contributed by atoms with Crippen molar-refractivity contribution in [3.8, 4) is 0 Å². The molecule has 0 bridgehead atoms. The maximum Gasteiger partial charge on any atom is 0.327 e. The number of amides is 3. The Morgan fingerprint density at radius 1 is 1.15 bits per heavy atom. The molecule has 0 atom stereocenters. The van der Waals surface area contributed by atoms with Gasteiger partial charge in [-0.2, -0.15) is 5.10 Å². The smallest absolute Gasteiger partial charge is 0.327 e. The Morgan fingerprint density at radius 2 is 1.85 bits per heavy atom. The van der Waals surface area contributed by atoms with Crippen LogP contribution in [-0.2, 0) is 16.1 Å².